The fraction of sp³-hybridized carbons (Fsp3) is 0.520. The summed E-state index contributed by atoms with van der Waals surface area (Å²) in [5.41, 5.74) is 9.07. The lowest BCUT2D eigenvalue weighted by atomic mass is 9.91. The Morgan fingerprint density at radius 1 is 0.362 bits per heavy atom. The van der Waals surface area contributed by atoms with Gasteiger partial charge in [-0.1, -0.05) is 125 Å². The van der Waals surface area contributed by atoms with E-state index >= 15 is 0 Å². The summed E-state index contributed by atoms with van der Waals surface area (Å²) in [4.78, 5) is 0. The molecule has 0 spiro atoms. The first-order valence-electron chi connectivity index (χ1n) is 22.0. The summed E-state index contributed by atoms with van der Waals surface area (Å²) in [5, 5.41) is 0. The molecule has 0 saturated carbocycles. The van der Waals surface area contributed by atoms with Gasteiger partial charge in [0.2, 0.25) is 0 Å². The molecule has 0 amide bonds. The largest absolute Gasteiger partial charge is 0.493 e. The SMILES string of the molecule is CCCCCCOc1c2cccc1Cc1cccc3c1OCCOCCOCCOCCOCCOc1c(cccc1Cc1cccc(c1OCCCCCC)C3)C2. The summed E-state index contributed by atoms with van der Waals surface area (Å²) in [5.74, 6) is 3.72. The summed E-state index contributed by atoms with van der Waals surface area (Å²) >= 11 is 0. The Kier molecular flexibility index (Phi) is 18.6. The van der Waals surface area contributed by atoms with Gasteiger partial charge in [0.25, 0.3) is 0 Å². The van der Waals surface area contributed by atoms with E-state index in [1.165, 1.54) is 25.7 Å². The molecule has 8 heteroatoms. The standard InChI is InChI=1S/C50H66O8/c1-3-5-7-9-23-55-47-39-15-11-16-40(47)36-44-20-14-22-46-38-42-18-12-17-41(48(42)56-24-10-8-6-4-2)37-45-21-13-19-43(35-39)49(45)57-33-31-53-29-27-51-25-26-52-28-30-54-32-34-58-50(44)46/h11-22H,3-10,23-38H2,1-2H3. The fourth-order valence-corrected chi connectivity index (χ4v) is 7.80. The summed E-state index contributed by atoms with van der Waals surface area (Å²) < 4.78 is 50.5. The molecule has 0 fully saturated rings. The zero-order valence-corrected chi connectivity index (χ0v) is 35.2. The van der Waals surface area contributed by atoms with E-state index in [9.17, 15) is 0 Å². The van der Waals surface area contributed by atoms with Gasteiger partial charge in [0.15, 0.2) is 0 Å². The first-order chi connectivity index (χ1) is 28.7. The molecule has 1 aliphatic carbocycles. The molecule has 4 aromatic rings. The van der Waals surface area contributed by atoms with E-state index in [2.05, 4.69) is 86.6 Å². The molecule has 8 nitrogen and oxygen atoms in total. The van der Waals surface area contributed by atoms with Crippen LogP contribution in [0.1, 0.15) is 110 Å². The summed E-state index contributed by atoms with van der Waals surface area (Å²) in [6.07, 6.45) is 11.8. The van der Waals surface area contributed by atoms with Crippen LogP contribution in [0.3, 0.4) is 0 Å². The van der Waals surface area contributed by atoms with Crippen molar-refractivity contribution in [2.24, 2.45) is 0 Å². The number of hydrogen-bond donors (Lipinski definition) is 0. The second-order valence-corrected chi connectivity index (χ2v) is 15.3. The van der Waals surface area contributed by atoms with Gasteiger partial charge in [-0.25, -0.2) is 0 Å². The average Bonchev–Trinajstić information content (AvgIpc) is 3.23. The number of ether oxygens (including phenoxy) is 8. The molecule has 2 aliphatic rings. The number of hydrogen-bond acceptors (Lipinski definition) is 8. The van der Waals surface area contributed by atoms with Crippen LogP contribution in [0.2, 0.25) is 0 Å². The molecule has 0 unspecified atom stereocenters. The third kappa shape index (κ3) is 13.2. The fourth-order valence-electron chi connectivity index (χ4n) is 7.80. The van der Waals surface area contributed by atoms with Gasteiger partial charge in [0, 0.05) is 25.7 Å². The smallest absolute Gasteiger partial charge is 0.126 e. The van der Waals surface area contributed by atoms with E-state index in [4.69, 9.17) is 37.9 Å². The van der Waals surface area contributed by atoms with Crippen molar-refractivity contribution in [2.45, 2.75) is 90.9 Å². The van der Waals surface area contributed by atoms with Crippen molar-refractivity contribution in [3.8, 4) is 23.0 Å². The van der Waals surface area contributed by atoms with Gasteiger partial charge in [-0.3, -0.25) is 0 Å². The first-order valence-corrected chi connectivity index (χ1v) is 22.0. The Morgan fingerprint density at radius 2 is 0.655 bits per heavy atom. The number of benzene rings is 4. The minimum Gasteiger partial charge on any atom is -0.493 e. The van der Waals surface area contributed by atoms with E-state index in [1.807, 2.05) is 0 Å². The van der Waals surface area contributed by atoms with Gasteiger partial charge in [-0.15, -0.1) is 0 Å². The van der Waals surface area contributed by atoms with Gasteiger partial charge < -0.3 is 37.9 Å². The van der Waals surface area contributed by atoms with Crippen LogP contribution >= 0.6 is 0 Å². The average molecular weight is 795 g/mol. The Balaban J connectivity index is 1.46. The lowest BCUT2D eigenvalue weighted by Gasteiger charge is -2.23. The van der Waals surface area contributed by atoms with Crippen LogP contribution < -0.4 is 18.9 Å². The lowest BCUT2D eigenvalue weighted by Crippen LogP contribution is -2.15. The van der Waals surface area contributed by atoms with Crippen LogP contribution in [0.4, 0.5) is 0 Å². The summed E-state index contributed by atoms with van der Waals surface area (Å²) in [6.45, 7) is 10.6. The van der Waals surface area contributed by atoms with E-state index in [0.29, 0.717) is 105 Å². The minimum atomic E-state index is 0.423. The Labute approximate surface area is 347 Å². The molecule has 0 saturated heterocycles. The maximum Gasteiger partial charge on any atom is 0.126 e. The maximum absolute atomic E-state index is 6.81. The monoisotopic (exact) mass is 794 g/mol. The molecule has 314 valence electrons. The second-order valence-electron chi connectivity index (χ2n) is 15.3. The van der Waals surface area contributed by atoms with Crippen LogP contribution in [-0.4, -0.2) is 79.3 Å². The molecule has 6 rings (SSSR count). The van der Waals surface area contributed by atoms with Crippen molar-refractivity contribution in [1.29, 1.82) is 0 Å². The van der Waals surface area contributed by atoms with Gasteiger partial charge in [0.1, 0.15) is 36.2 Å². The maximum atomic E-state index is 6.81. The van der Waals surface area contributed by atoms with Crippen molar-refractivity contribution >= 4 is 0 Å². The van der Waals surface area contributed by atoms with Crippen molar-refractivity contribution < 1.29 is 37.9 Å². The highest BCUT2D eigenvalue weighted by Crippen LogP contribution is 2.39. The third-order valence-electron chi connectivity index (χ3n) is 10.8. The number of fused-ring (bicyclic) bond motifs is 2. The Morgan fingerprint density at radius 3 is 0.966 bits per heavy atom. The normalized spacial score (nSPS) is 15.8. The van der Waals surface area contributed by atoms with Gasteiger partial charge in [-0.05, 0) is 57.3 Å². The van der Waals surface area contributed by atoms with Crippen LogP contribution in [0, 0.1) is 0 Å². The van der Waals surface area contributed by atoms with E-state index in [1.54, 1.807) is 0 Å². The third-order valence-corrected chi connectivity index (χ3v) is 10.8. The molecular weight excluding hydrogens is 729 g/mol. The van der Waals surface area contributed by atoms with Crippen molar-refractivity contribution in [3.63, 3.8) is 0 Å². The highest BCUT2D eigenvalue weighted by molar-refractivity contribution is 5.56. The Bertz CT molecular complexity index is 1590. The van der Waals surface area contributed by atoms with E-state index < -0.39 is 0 Å². The van der Waals surface area contributed by atoms with Crippen molar-refractivity contribution in [3.05, 3.63) is 117 Å². The van der Waals surface area contributed by atoms with Crippen LogP contribution in [0.5, 0.6) is 23.0 Å². The van der Waals surface area contributed by atoms with E-state index in [0.717, 1.165) is 93.2 Å². The lowest BCUT2D eigenvalue weighted by molar-refractivity contribution is -0.00706. The predicted octanol–water partition coefficient (Wildman–Crippen LogP) is 10.1. The minimum absolute atomic E-state index is 0.423. The number of unbranched alkanes of at least 4 members (excludes halogenated alkanes) is 6. The molecule has 0 aromatic heterocycles. The Hall–Kier alpha value is -4.08. The molecule has 10 bridgehead atoms. The van der Waals surface area contributed by atoms with Crippen LogP contribution in [0.15, 0.2) is 72.8 Å². The quantitative estimate of drug-likeness (QED) is 0.116. The van der Waals surface area contributed by atoms with Gasteiger partial charge >= 0.3 is 0 Å². The van der Waals surface area contributed by atoms with Crippen LogP contribution in [-0.2, 0) is 44.6 Å². The highest BCUT2D eigenvalue weighted by Gasteiger charge is 2.22. The molecule has 58 heavy (non-hydrogen) atoms. The number of para-hydroxylation sites is 4. The highest BCUT2D eigenvalue weighted by atomic mass is 16.6. The zero-order chi connectivity index (χ0) is 40.0. The van der Waals surface area contributed by atoms with Gasteiger partial charge in [-0.2, -0.15) is 0 Å². The molecule has 0 radical (unpaired) electrons. The topological polar surface area (TPSA) is 73.8 Å². The first kappa shape index (κ1) is 43.5. The molecule has 4 aromatic carbocycles. The molecule has 0 atom stereocenters. The van der Waals surface area contributed by atoms with E-state index in [-0.39, 0.29) is 0 Å². The van der Waals surface area contributed by atoms with Crippen molar-refractivity contribution in [2.75, 3.05) is 79.3 Å². The van der Waals surface area contributed by atoms with Crippen LogP contribution in [0.25, 0.3) is 0 Å². The zero-order valence-electron chi connectivity index (χ0n) is 35.2. The molecule has 1 aliphatic heterocycles. The summed E-state index contributed by atoms with van der Waals surface area (Å²) in [6, 6.07) is 26.3. The number of rotatable bonds is 12. The molecule has 0 N–H and O–H groups in total. The summed E-state index contributed by atoms with van der Waals surface area (Å²) in [7, 11) is 0. The molecular formula is C50H66O8. The van der Waals surface area contributed by atoms with Crippen molar-refractivity contribution in [1.82, 2.24) is 0 Å². The second kappa shape index (κ2) is 24.8. The van der Waals surface area contributed by atoms with Gasteiger partial charge in [0.05, 0.1) is 66.1 Å². The molecule has 1 heterocycles. The predicted molar refractivity (Wildman–Crippen MR) is 231 cm³/mol.